The number of hydrogen-bond donors (Lipinski definition) is 3. The fourth-order valence-electron chi connectivity index (χ4n) is 5.06. The fourth-order valence-corrected chi connectivity index (χ4v) is 5.06. The summed E-state index contributed by atoms with van der Waals surface area (Å²) in [4.78, 5) is 42.0. The van der Waals surface area contributed by atoms with E-state index in [2.05, 4.69) is 15.5 Å². The van der Waals surface area contributed by atoms with E-state index in [1.54, 1.807) is 17.0 Å². The molecule has 1 heterocycles. The molecule has 1 aliphatic carbocycles. The summed E-state index contributed by atoms with van der Waals surface area (Å²) in [5.74, 6) is -1.33. The number of urea groups is 1. The summed E-state index contributed by atoms with van der Waals surface area (Å²) in [5.41, 5.74) is 6.82. The topological polar surface area (TPSA) is 108 Å². The highest BCUT2D eigenvalue weighted by Crippen LogP contribution is 2.30. The van der Waals surface area contributed by atoms with E-state index in [-0.39, 0.29) is 29.7 Å². The minimum absolute atomic E-state index is 0.0513. The van der Waals surface area contributed by atoms with Gasteiger partial charge in [-0.1, -0.05) is 43.2 Å². The number of nitrogens with one attached hydrogen (secondary N) is 2. The minimum Gasteiger partial charge on any atom is -0.368 e. The number of nitrogens with two attached hydrogens (primary N) is 1. The van der Waals surface area contributed by atoms with Gasteiger partial charge in [-0.25, -0.2) is 9.18 Å². The number of carbonyl (C=O) groups excluding carboxylic acids is 3. The Morgan fingerprint density at radius 2 is 1.57 bits per heavy atom. The third-order valence-electron chi connectivity index (χ3n) is 6.94. The first-order chi connectivity index (χ1) is 16.9. The summed E-state index contributed by atoms with van der Waals surface area (Å²) < 4.78 is 13.1. The smallest absolute Gasteiger partial charge is 0.321 e. The second kappa shape index (κ2) is 11.3. The van der Waals surface area contributed by atoms with Crippen LogP contribution in [-0.4, -0.2) is 59.9 Å². The number of nitrogens with zero attached hydrogens (tertiary/aromatic N) is 2. The summed E-state index contributed by atoms with van der Waals surface area (Å²) >= 11 is 0. The number of halogens is 1. The molecule has 2 aliphatic rings. The highest BCUT2D eigenvalue weighted by molar-refractivity contribution is 5.90. The summed E-state index contributed by atoms with van der Waals surface area (Å²) in [6.45, 7) is 2.38. The zero-order chi connectivity index (χ0) is 24.8. The van der Waals surface area contributed by atoms with Crippen LogP contribution in [0.15, 0.2) is 54.6 Å². The number of benzene rings is 2. The molecular weight excluding hydrogens is 449 g/mol. The van der Waals surface area contributed by atoms with E-state index in [1.165, 1.54) is 24.3 Å². The molecule has 3 atom stereocenters. The lowest BCUT2D eigenvalue weighted by atomic mass is 9.82. The van der Waals surface area contributed by atoms with Gasteiger partial charge in [-0.15, -0.1) is 0 Å². The molecule has 2 aromatic rings. The van der Waals surface area contributed by atoms with Crippen molar-refractivity contribution in [3.63, 3.8) is 0 Å². The fraction of sp³-hybridized carbons (Fsp3) is 0.423. The number of anilines is 1. The molecule has 0 radical (unpaired) electrons. The largest absolute Gasteiger partial charge is 0.368 e. The zero-order valence-corrected chi connectivity index (χ0v) is 19.7. The van der Waals surface area contributed by atoms with Crippen LogP contribution in [0, 0.1) is 11.7 Å². The van der Waals surface area contributed by atoms with Crippen molar-refractivity contribution in [3.05, 3.63) is 66.0 Å². The molecule has 2 aromatic carbocycles. The van der Waals surface area contributed by atoms with Crippen LogP contribution in [0.3, 0.4) is 0 Å². The van der Waals surface area contributed by atoms with Crippen LogP contribution >= 0.6 is 0 Å². The average Bonchev–Trinajstić information content (AvgIpc) is 2.89. The van der Waals surface area contributed by atoms with Crippen LogP contribution in [0.1, 0.15) is 37.3 Å². The highest BCUT2D eigenvalue weighted by atomic mass is 19.1. The van der Waals surface area contributed by atoms with Gasteiger partial charge >= 0.3 is 6.03 Å². The average molecular weight is 482 g/mol. The Bertz CT molecular complexity index is 1030. The summed E-state index contributed by atoms with van der Waals surface area (Å²) in [7, 11) is 0. The molecule has 4 amide bonds. The third-order valence-corrected chi connectivity index (χ3v) is 6.94. The maximum atomic E-state index is 13.3. The molecule has 1 saturated carbocycles. The number of carbonyl (C=O) groups is 3. The van der Waals surface area contributed by atoms with Crippen molar-refractivity contribution >= 4 is 23.5 Å². The first-order valence-electron chi connectivity index (χ1n) is 12.1. The molecule has 0 aromatic heterocycles. The van der Waals surface area contributed by atoms with E-state index in [0.717, 1.165) is 25.7 Å². The maximum absolute atomic E-state index is 13.3. The SMILES string of the molecule is NC(=O)[C@@H](NC(=O)[C@H]1CCCC[C@@H]1N1CCN(C(=O)Nc2ccc(F)cc2)CC1)c1ccccc1. The van der Waals surface area contributed by atoms with Crippen LogP contribution in [0.2, 0.25) is 0 Å². The molecular formula is C26H32FN5O3. The van der Waals surface area contributed by atoms with Gasteiger partial charge in [-0.3, -0.25) is 14.5 Å². The maximum Gasteiger partial charge on any atom is 0.321 e. The van der Waals surface area contributed by atoms with E-state index in [9.17, 15) is 18.8 Å². The molecule has 186 valence electrons. The number of rotatable bonds is 6. The van der Waals surface area contributed by atoms with Crippen molar-refractivity contribution in [1.82, 2.24) is 15.1 Å². The Morgan fingerprint density at radius 1 is 0.914 bits per heavy atom. The van der Waals surface area contributed by atoms with Crippen LogP contribution in [-0.2, 0) is 9.59 Å². The molecule has 4 rings (SSSR count). The van der Waals surface area contributed by atoms with Gasteiger partial charge in [0.15, 0.2) is 0 Å². The predicted molar refractivity (Wildman–Crippen MR) is 131 cm³/mol. The molecule has 0 unspecified atom stereocenters. The molecule has 1 saturated heterocycles. The van der Waals surface area contributed by atoms with Crippen molar-refractivity contribution in [2.75, 3.05) is 31.5 Å². The van der Waals surface area contributed by atoms with Gasteiger partial charge in [0, 0.05) is 37.9 Å². The number of primary amides is 1. The van der Waals surface area contributed by atoms with Gasteiger partial charge in [-0.05, 0) is 42.7 Å². The second-order valence-corrected chi connectivity index (χ2v) is 9.17. The summed E-state index contributed by atoms with van der Waals surface area (Å²) in [6, 6.07) is 13.7. The monoisotopic (exact) mass is 481 g/mol. The van der Waals surface area contributed by atoms with E-state index in [1.807, 2.05) is 18.2 Å². The van der Waals surface area contributed by atoms with Crippen LogP contribution in [0.4, 0.5) is 14.9 Å². The van der Waals surface area contributed by atoms with Gasteiger partial charge in [0.25, 0.3) is 0 Å². The van der Waals surface area contributed by atoms with Crippen molar-refractivity contribution in [2.24, 2.45) is 11.7 Å². The number of hydrogen-bond acceptors (Lipinski definition) is 4. The van der Waals surface area contributed by atoms with E-state index in [4.69, 9.17) is 5.73 Å². The van der Waals surface area contributed by atoms with Gasteiger partial charge in [-0.2, -0.15) is 0 Å². The highest BCUT2D eigenvalue weighted by Gasteiger charge is 2.38. The Balaban J connectivity index is 1.35. The Kier molecular flexibility index (Phi) is 7.97. The third kappa shape index (κ3) is 6.16. The Labute approximate surface area is 204 Å². The summed E-state index contributed by atoms with van der Waals surface area (Å²) in [6.07, 6.45) is 3.65. The molecule has 0 bridgehead atoms. The van der Waals surface area contributed by atoms with Gasteiger partial charge in [0.1, 0.15) is 11.9 Å². The Hall–Kier alpha value is -3.46. The lowest BCUT2D eigenvalue weighted by Crippen LogP contribution is -2.57. The van der Waals surface area contributed by atoms with Crippen molar-refractivity contribution in [2.45, 2.75) is 37.8 Å². The van der Waals surface area contributed by atoms with Gasteiger partial charge in [0.05, 0.1) is 5.92 Å². The molecule has 35 heavy (non-hydrogen) atoms. The summed E-state index contributed by atoms with van der Waals surface area (Å²) in [5, 5.41) is 5.69. The van der Waals surface area contributed by atoms with Crippen LogP contribution < -0.4 is 16.4 Å². The van der Waals surface area contributed by atoms with Crippen molar-refractivity contribution < 1.29 is 18.8 Å². The first kappa shape index (κ1) is 24.7. The standard InChI is InChI=1S/C26H32FN5O3/c27-19-10-12-20(13-11-19)29-26(35)32-16-14-31(15-17-32)22-9-5-4-8-21(22)25(34)30-23(24(28)33)18-6-2-1-3-7-18/h1-3,6-7,10-13,21-23H,4-5,8-9,14-17H2,(H2,28,33)(H,29,35)(H,30,34)/t21-,22-,23-/m0/s1. The molecule has 0 spiro atoms. The quantitative estimate of drug-likeness (QED) is 0.590. The van der Waals surface area contributed by atoms with Crippen molar-refractivity contribution in [1.29, 1.82) is 0 Å². The molecule has 1 aliphatic heterocycles. The Morgan fingerprint density at radius 3 is 2.23 bits per heavy atom. The first-order valence-corrected chi connectivity index (χ1v) is 12.1. The normalized spacial score (nSPS) is 21.7. The van der Waals surface area contributed by atoms with Crippen molar-refractivity contribution in [3.8, 4) is 0 Å². The lowest BCUT2D eigenvalue weighted by molar-refractivity contribution is -0.133. The van der Waals surface area contributed by atoms with E-state index < -0.39 is 11.9 Å². The minimum atomic E-state index is -0.863. The molecule has 8 nitrogen and oxygen atoms in total. The lowest BCUT2D eigenvalue weighted by Gasteiger charge is -2.43. The number of amides is 4. The predicted octanol–water partition coefficient (Wildman–Crippen LogP) is 2.88. The molecule has 9 heteroatoms. The van der Waals surface area contributed by atoms with Gasteiger partial charge in [0.2, 0.25) is 11.8 Å². The van der Waals surface area contributed by atoms with E-state index in [0.29, 0.717) is 37.4 Å². The number of piperazine rings is 1. The van der Waals surface area contributed by atoms with Gasteiger partial charge < -0.3 is 21.3 Å². The molecule has 4 N–H and O–H groups in total. The molecule has 2 fully saturated rings. The van der Waals surface area contributed by atoms with E-state index >= 15 is 0 Å². The second-order valence-electron chi connectivity index (χ2n) is 9.17. The van der Waals surface area contributed by atoms with Crippen LogP contribution in [0.5, 0.6) is 0 Å². The van der Waals surface area contributed by atoms with Crippen LogP contribution in [0.25, 0.3) is 0 Å². The zero-order valence-electron chi connectivity index (χ0n) is 19.7.